The SMILES string of the molecule is CCNC(Cc1nccn1C)C1COCCO1. The largest absolute Gasteiger partial charge is 0.376 e. The van der Waals surface area contributed by atoms with Gasteiger partial charge >= 0.3 is 0 Å². The molecule has 2 rings (SSSR count). The molecule has 2 atom stereocenters. The molecule has 0 spiro atoms. The van der Waals surface area contributed by atoms with Crippen LogP contribution in [0.25, 0.3) is 0 Å². The molecule has 5 heteroatoms. The number of imidazole rings is 1. The number of aryl methyl sites for hydroxylation is 1. The lowest BCUT2D eigenvalue weighted by Crippen LogP contribution is -2.48. The van der Waals surface area contributed by atoms with Crippen molar-refractivity contribution in [3.8, 4) is 0 Å². The fraction of sp³-hybridized carbons (Fsp3) is 0.750. The Kier molecular flexibility index (Phi) is 4.53. The second kappa shape index (κ2) is 6.14. The number of hydrogen-bond donors (Lipinski definition) is 1. The van der Waals surface area contributed by atoms with E-state index in [4.69, 9.17) is 9.47 Å². The molecule has 1 aliphatic heterocycles. The number of nitrogens with zero attached hydrogens (tertiary/aromatic N) is 2. The number of rotatable bonds is 5. The molecule has 0 aliphatic carbocycles. The van der Waals surface area contributed by atoms with E-state index in [0.29, 0.717) is 19.8 Å². The quantitative estimate of drug-likeness (QED) is 0.806. The lowest BCUT2D eigenvalue weighted by Gasteiger charge is -2.30. The van der Waals surface area contributed by atoms with Crippen molar-refractivity contribution in [2.75, 3.05) is 26.4 Å². The van der Waals surface area contributed by atoms with E-state index in [1.807, 2.05) is 24.0 Å². The summed E-state index contributed by atoms with van der Waals surface area (Å²) in [5, 5.41) is 3.46. The predicted octanol–water partition coefficient (Wildman–Crippen LogP) is 0.356. The van der Waals surface area contributed by atoms with Gasteiger partial charge in [-0.05, 0) is 6.54 Å². The summed E-state index contributed by atoms with van der Waals surface area (Å²) in [5.74, 6) is 1.07. The topological polar surface area (TPSA) is 48.3 Å². The third-order valence-electron chi connectivity index (χ3n) is 3.08. The third-order valence-corrected chi connectivity index (χ3v) is 3.08. The monoisotopic (exact) mass is 239 g/mol. The molecular formula is C12H21N3O2. The summed E-state index contributed by atoms with van der Waals surface area (Å²) in [7, 11) is 2.02. The van der Waals surface area contributed by atoms with Crippen LogP contribution in [0, 0.1) is 0 Å². The summed E-state index contributed by atoms with van der Waals surface area (Å²) >= 11 is 0. The van der Waals surface area contributed by atoms with E-state index in [1.165, 1.54) is 0 Å². The van der Waals surface area contributed by atoms with Crippen molar-refractivity contribution < 1.29 is 9.47 Å². The van der Waals surface area contributed by atoms with Crippen LogP contribution >= 0.6 is 0 Å². The van der Waals surface area contributed by atoms with Gasteiger partial charge in [-0.2, -0.15) is 0 Å². The highest BCUT2D eigenvalue weighted by atomic mass is 16.6. The molecule has 0 aromatic carbocycles. The number of likely N-dealkylation sites (N-methyl/N-ethyl adjacent to an activating group) is 1. The van der Waals surface area contributed by atoms with E-state index < -0.39 is 0 Å². The fourth-order valence-electron chi connectivity index (χ4n) is 2.13. The van der Waals surface area contributed by atoms with Gasteiger partial charge in [-0.1, -0.05) is 6.92 Å². The van der Waals surface area contributed by atoms with Crippen LogP contribution in [-0.2, 0) is 22.9 Å². The first-order valence-corrected chi connectivity index (χ1v) is 6.20. The summed E-state index contributed by atoms with van der Waals surface area (Å²) in [6.45, 7) is 5.09. The van der Waals surface area contributed by atoms with Gasteiger partial charge in [0.15, 0.2) is 0 Å². The van der Waals surface area contributed by atoms with Gasteiger partial charge in [0.1, 0.15) is 5.82 Å². The zero-order chi connectivity index (χ0) is 12.1. The summed E-state index contributed by atoms with van der Waals surface area (Å²) < 4.78 is 13.3. The van der Waals surface area contributed by atoms with Gasteiger partial charge in [-0.3, -0.25) is 0 Å². The molecule has 0 bridgehead atoms. The first-order chi connectivity index (χ1) is 8.31. The van der Waals surface area contributed by atoms with Crippen LogP contribution < -0.4 is 5.32 Å². The van der Waals surface area contributed by atoms with E-state index in [9.17, 15) is 0 Å². The van der Waals surface area contributed by atoms with Crippen LogP contribution in [-0.4, -0.2) is 48.1 Å². The molecule has 1 aromatic rings. The van der Waals surface area contributed by atoms with E-state index in [2.05, 4.69) is 17.2 Å². The molecule has 96 valence electrons. The van der Waals surface area contributed by atoms with Crippen molar-refractivity contribution in [3.05, 3.63) is 18.2 Å². The molecule has 2 heterocycles. The zero-order valence-electron chi connectivity index (χ0n) is 10.6. The van der Waals surface area contributed by atoms with Crippen molar-refractivity contribution >= 4 is 0 Å². The lowest BCUT2D eigenvalue weighted by molar-refractivity contribution is -0.101. The smallest absolute Gasteiger partial charge is 0.110 e. The Balaban J connectivity index is 1.98. The van der Waals surface area contributed by atoms with E-state index >= 15 is 0 Å². The highest BCUT2D eigenvalue weighted by Crippen LogP contribution is 2.10. The van der Waals surface area contributed by atoms with Gasteiger partial charge in [0.2, 0.25) is 0 Å². The van der Waals surface area contributed by atoms with Crippen LogP contribution in [0.2, 0.25) is 0 Å². The van der Waals surface area contributed by atoms with Crippen molar-refractivity contribution in [2.45, 2.75) is 25.5 Å². The average molecular weight is 239 g/mol. The molecule has 0 saturated carbocycles. The second-order valence-corrected chi connectivity index (χ2v) is 4.31. The molecule has 1 saturated heterocycles. The van der Waals surface area contributed by atoms with Gasteiger partial charge in [0, 0.05) is 31.9 Å². The highest BCUT2D eigenvalue weighted by molar-refractivity contribution is 4.96. The van der Waals surface area contributed by atoms with Gasteiger partial charge in [-0.15, -0.1) is 0 Å². The highest BCUT2D eigenvalue weighted by Gasteiger charge is 2.25. The molecular weight excluding hydrogens is 218 g/mol. The third kappa shape index (κ3) is 3.28. The minimum absolute atomic E-state index is 0.125. The lowest BCUT2D eigenvalue weighted by atomic mass is 10.1. The van der Waals surface area contributed by atoms with Gasteiger partial charge < -0.3 is 19.4 Å². The summed E-state index contributed by atoms with van der Waals surface area (Å²) in [6, 6.07) is 0.265. The number of nitrogens with one attached hydrogen (secondary N) is 1. The van der Waals surface area contributed by atoms with Crippen LogP contribution in [0.5, 0.6) is 0 Å². The Morgan fingerprint density at radius 1 is 1.59 bits per heavy atom. The fourth-order valence-corrected chi connectivity index (χ4v) is 2.13. The Hall–Kier alpha value is -0.910. The van der Waals surface area contributed by atoms with Crippen molar-refractivity contribution in [2.24, 2.45) is 7.05 Å². The molecule has 2 unspecified atom stereocenters. The molecule has 1 aliphatic rings. The Labute approximate surface area is 102 Å². The Morgan fingerprint density at radius 2 is 2.47 bits per heavy atom. The molecule has 5 nitrogen and oxygen atoms in total. The maximum atomic E-state index is 5.76. The summed E-state index contributed by atoms with van der Waals surface area (Å²) in [5.41, 5.74) is 0. The molecule has 0 radical (unpaired) electrons. The first-order valence-electron chi connectivity index (χ1n) is 6.20. The van der Waals surface area contributed by atoms with Crippen LogP contribution in [0.3, 0.4) is 0 Å². The second-order valence-electron chi connectivity index (χ2n) is 4.31. The summed E-state index contributed by atoms with van der Waals surface area (Å²) in [4.78, 5) is 4.36. The van der Waals surface area contributed by atoms with Crippen molar-refractivity contribution in [1.29, 1.82) is 0 Å². The first kappa shape index (κ1) is 12.5. The van der Waals surface area contributed by atoms with Gasteiger partial charge in [-0.25, -0.2) is 4.98 Å². The average Bonchev–Trinajstić information content (AvgIpc) is 2.76. The normalized spacial score (nSPS) is 22.6. The van der Waals surface area contributed by atoms with Crippen LogP contribution in [0.4, 0.5) is 0 Å². The molecule has 1 N–H and O–H groups in total. The van der Waals surface area contributed by atoms with Crippen LogP contribution in [0.1, 0.15) is 12.7 Å². The minimum Gasteiger partial charge on any atom is -0.376 e. The van der Waals surface area contributed by atoms with E-state index in [-0.39, 0.29) is 12.1 Å². The maximum absolute atomic E-state index is 5.76. The number of ether oxygens (including phenoxy) is 2. The molecule has 17 heavy (non-hydrogen) atoms. The van der Waals surface area contributed by atoms with E-state index in [0.717, 1.165) is 18.8 Å². The van der Waals surface area contributed by atoms with Crippen LogP contribution in [0.15, 0.2) is 12.4 Å². The van der Waals surface area contributed by atoms with E-state index in [1.54, 1.807) is 0 Å². The summed E-state index contributed by atoms with van der Waals surface area (Å²) in [6.07, 6.45) is 4.79. The van der Waals surface area contributed by atoms with Gasteiger partial charge in [0.25, 0.3) is 0 Å². The molecule has 0 amide bonds. The molecule has 1 aromatic heterocycles. The predicted molar refractivity (Wildman–Crippen MR) is 64.9 cm³/mol. The Morgan fingerprint density at radius 3 is 3.06 bits per heavy atom. The Bertz CT molecular complexity index is 334. The minimum atomic E-state index is 0.125. The number of hydrogen-bond acceptors (Lipinski definition) is 4. The standard InChI is InChI=1S/C12H21N3O2/c1-3-13-10(11-9-16-6-7-17-11)8-12-14-4-5-15(12)2/h4-5,10-11,13H,3,6-9H2,1-2H3. The van der Waals surface area contributed by atoms with Gasteiger partial charge in [0.05, 0.1) is 25.9 Å². The number of aromatic nitrogens is 2. The van der Waals surface area contributed by atoms with Crippen molar-refractivity contribution in [1.82, 2.24) is 14.9 Å². The van der Waals surface area contributed by atoms with Crippen molar-refractivity contribution in [3.63, 3.8) is 0 Å². The maximum Gasteiger partial charge on any atom is 0.110 e. The zero-order valence-corrected chi connectivity index (χ0v) is 10.6. The molecule has 1 fully saturated rings.